The first-order valence-electron chi connectivity index (χ1n) is 8.19. The minimum Gasteiger partial charge on any atom is -0.506 e. The molecule has 1 heterocycles. The van der Waals surface area contributed by atoms with Crippen LogP contribution >= 0.6 is 23.2 Å². The van der Waals surface area contributed by atoms with E-state index in [-0.39, 0.29) is 49.6 Å². The molecule has 2 aliphatic rings. The highest BCUT2D eigenvalue weighted by Crippen LogP contribution is 2.45. The first kappa shape index (κ1) is 18.9. The van der Waals surface area contributed by atoms with Gasteiger partial charge in [-0.1, -0.05) is 29.3 Å². The van der Waals surface area contributed by atoms with Crippen LogP contribution in [0.3, 0.4) is 0 Å². The Morgan fingerprint density at radius 1 is 1.00 bits per heavy atom. The average molecular weight is 431 g/mol. The van der Waals surface area contributed by atoms with Gasteiger partial charge < -0.3 is 26.1 Å². The highest BCUT2D eigenvalue weighted by molar-refractivity contribution is 6.33. The van der Waals surface area contributed by atoms with Crippen molar-refractivity contribution in [2.45, 2.75) is 0 Å². The van der Waals surface area contributed by atoms with Crippen molar-refractivity contribution >= 4 is 51.5 Å². The molecule has 29 heavy (non-hydrogen) atoms. The first-order chi connectivity index (χ1) is 13.7. The standard InChI is InChI=1S/C20H12Cl2N2O5/c21-10-3-8-15(5-13(10)25)29-16-6-14(26)11(22)4-9(16)17(8)7-1-2-12(23)19(24)18(7)20(27)28/h1-6,25H,23-24H2,(H,27,28). The number of carboxylic acids is 1. The molecule has 4 rings (SSSR count). The molecule has 0 radical (unpaired) electrons. The number of benzene rings is 3. The van der Waals surface area contributed by atoms with Gasteiger partial charge in [-0.05, 0) is 23.8 Å². The van der Waals surface area contributed by atoms with Gasteiger partial charge in [0.15, 0.2) is 0 Å². The molecule has 9 heteroatoms. The topological polar surface area (TPSA) is 140 Å². The van der Waals surface area contributed by atoms with E-state index >= 15 is 0 Å². The molecule has 146 valence electrons. The summed E-state index contributed by atoms with van der Waals surface area (Å²) >= 11 is 12.1. The van der Waals surface area contributed by atoms with Gasteiger partial charge in [-0.15, -0.1) is 0 Å². The number of hydrogen-bond acceptors (Lipinski definition) is 6. The molecule has 0 bridgehead atoms. The minimum atomic E-state index is -1.29. The van der Waals surface area contributed by atoms with Crippen molar-refractivity contribution in [3.05, 3.63) is 62.2 Å². The Balaban J connectivity index is 2.29. The van der Waals surface area contributed by atoms with Gasteiger partial charge in [0.05, 0.1) is 27.0 Å². The molecule has 2 aromatic carbocycles. The van der Waals surface area contributed by atoms with Crippen LogP contribution in [-0.4, -0.2) is 16.2 Å². The van der Waals surface area contributed by atoms with Crippen LogP contribution in [0.1, 0.15) is 10.4 Å². The van der Waals surface area contributed by atoms with Crippen LogP contribution in [0.4, 0.5) is 11.4 Å². The van der Waals surface area contributed by atoms with Crippen molar-refractivity contribution in [3.63, 3.8) is 0 Å². The molecule has 1 aliphatic carbocycles. The molecular weight excluding hydrogens is 419 g/mol. The fourth-order valence-corrected chi connectivity index (χ4v) is 3.59. The summed E-state index contributed by atoms with van der Waals surface area (Å²) < 4.78 is 5.75. The lowest BCUT2D eigenvalue weighted by Gasteiger charge is -2.18. The third-order valence-corrected chi connectivity index (χ3v) is 5.20. The molecule has 0 aromatic heterocycles. The lowest BCUT2D eigenvalue weighted by molar-refractivity contribution is 0.0699. The second kappa shape index (κ2) is 6.58. The van der Waals surface area contributed by atoms with E-state index in [2.05, 4.69) is 0 Å². The Bertz CT molecular complexity index is 1360. The second-order valence-electron chi connectivity index (χ2n) is 6.35. The molecule has 1 aliphatic heterocycles. The number of hydrogen-bond donors (Lipinski definition) is 4. The summed E-state index contributed by atoms with van der Waals surface area (Å²) in [5.41, 5.74) is 12.2. The van der Waals surface area contributed by atoms with Crippen LogP contribution in [0, 0.1) is 0 Å². The van der Waals surface area contributed by atoms with Gasteiger partial charge in [-0.2, -0.15) is 0 Å². The number of halogens is 2. The number of aromatic carboxylic acids is 1. The van der Waals surface area contributed by atoms with Crippen molar-refractivity contribution in [1.82, 2.24) is 0 Å². The quantitative estimate of drug-likeness (QED) is 0.272. The summed E-state index contributed by atoms with van der Waals surface area (Å²) in [6.07, 6.45) is 0. The molecule has 0 spiro atoms. The number of rotatable bonds is 2. The lowest BCUT2D eigenvalue weighted by Crippen LogP contribution is -2.09. The van der Waals surface area contributed by atoms with Gasteiger partial charge in [-0.25, -0.2) is 4.79 Å². The fraction of sp³-hybridized carbons (Fsp3) is 0. The summed E-state index contributed by atoms with van der Waals surface area (Å²) in [6.45, 7) is 0. The van der Waals surface area contributed by atoms with Gasteiger partial charge in [-0.3, -0.25) is 4.79 Å². The van der Waals surface area contributed by atoms with Crippen LogP contribution in [0.15, 0.2) is 45.6 Å². The molecular formula is C20H12Cl2N2O5. The second-order valence-corrected chi connectivity index (χ2v) is 7.17. The minimum absolute atomic E-state index is 0.0279. The van der Waals surface area contributed by atoms with Crippen molar-refractivity contribution in [2.75, 3.05) is 11.5 Å². The maximum absolute atomic E-state index is 12.0. The predicted octanol–water partition coefficient (Wildman–Crippen LogP) is 4.44. The van der Waals surface area contributed by atoms with Crippen LogP contribution in [0.5, 0.6) is 5.75 Å². The third-order valence-electron chi connectivity index (χ3n) is 4.60. The van der Waals surface area contributed by atoms with Crippen LogP contribution in [-0.2, 0) is 0 Å². The van der Waals surface area contributed by atoms with E-state index in [0.29, 0.717) is 16.5 Å². The van der Waals surface area contributed by atoms with Gasteiger partial charge in [0, 0.05) is 28.6 Å². The van der Waals surface area contributed by atoms with Gasteiger partial charge in [0.2, 0.25) is 5.43 Å². The highest BCUT2D eigenvalue weighted by atomic mass is 35.5. The van der Waals surface area contributed by atoms with E-state index in [1.54, 1.807) is 0 Å². The van der Waals surface area contributed by atoms with Crippen molar-refractivity contribution < 1.29 is 19.4 Å². The third kappa shape index (κ3) is 2.91. The Hall–Kier alpha value is -3.42. The molecule has 0 amide bonds. The summed E-state index contributed by atoms with van der Waals surface area (Å²) in [5.74, 6) is -1.38. The number of fused-ring (bicyclic) bond motifs is 2. The zero-order chi connectivity index (χ0) is 21.0. The van der Waals surface area contributed by atoms with Gasteiger partial charge in [0.1, 0.15) is 17.1 Å². The molecule has 7 nitrogen and oxygen atoms in total. The highest BCUT2D eigenvalue weighted by Gasteiger charge is 2.25. The number of phenolic OH excluding ortho intramolecular Hbond substituents is 1. The lowest BCUT2D eigenvalue weighted by atomic mass is 9.89. The van der Waals surface area contributed by atoms with E-state index < -0.39 is 11.4 Å². The zero-order valence-corrected chi connectivity index (χ0v) is 16.0. The number of nitrogen functional groups attached to an aromatic ring is 2. The molecule has 0 unspecified atom stereocenters. The fourth-order valence-electron chi connectivity index (χ4n) is 3.27. The van der Waals surface area contributed by atoms with Crippen LogP contribution in [0.25, 0.3) is 33.4 Å². The van der Waals surface area contributed by atoms with E-state index in [0.717, 1.165) is 0 Å². The average Bonchev–Trinajstić information content (AvgIpc) is 2.65. The number of carboxylic acid groups (broad SMARTS) is 1. The Labute approximate surface area is 173 Å². The Morgan fingerprint density at radius 2 is 1.72 bits per heavy atom. The number of anilines is 2. The molecule has 0 saturated carbocycles. The number of phenols is 1. The van der Waals surface area contributed by atoms with Gasteiger partial charge in [0.25, 0.3) is 0 Å². The smallest absolute Gasteiger partial charge is 0.338 e. The first-order valence-corrected chi connectivity index (χ1v) is 8.95. The largest absolute Gasteiger partial charge is 0.506 e. The summed E-state index contributed by atoms with van der Waals surface area (Å²) in [4.78, 5) is 24.0. The van der Waals surface area contributed by atoms with Crippen molar-refractivity contribution in [3.8, 4) is 28.2 Å². The maximum Gasteiger partial charge on any atom is 0.338 e. The Kier molecular flexibility index (Phi) is 4.29. The maximum atomic E-state index is 12.0. The SMILES string of the molecule is Nc1ccc(-c2c3cc(Cl)c(=O)cc-3oc3cc(O)c(Cl)cc23)c(C(=O)O)c1N. The molecule has 0 fully saturated rings. The monoisotopic (exact) mass is 430 g/mol. The van der Waals surface area contributed by atoms with Crippen molar-refractivity contribution in [1.29, 1.82) is 0 Å². The van der Waals surface area contributed by atoms with E-state index in [1.165, 1.54) is 36.4 Å². The summed E-state index contributed by atoms with van der Waals surface area (Å²) in [6, 6.07) is 8.26. The van der Waals surface area contributed by atoms with Crippen LogP contribution < -0.4 is 16.9 Å². The van der Waals surface area contributed by atoms with E-state index in [1.807, 2.05) is 0 Å². The summed E-state index contributed by atoms with van der Waals surface area (Å²) in [5, 5.41) is 20.1. The number of carbonyl (C=O) groups is 1. The van der Waals surface area contributed by atoms with E-state index in [9.17, 15) is 19.8 Å². The summed E-state index contributed by atoms with van der Waals surface area (Å²) in [7, 11) is 0. The molecule has 2 aromatic rings. The van der Waals surface area contributed by atoms with Gasteiger partial charge >= 0.3 is 5.97 Å². The number of aromatic hydroxyl groups is 1. The molecule has 6 N–H and O–H groups in total. The molecule has 0 atom stereocenters. The zero-order valence-electron chi connectivity index (χ0n) is 14.5. The Morgan fingerprint density at radius 3 is 2.41 bits per heavy atom. The predicted molar refractivity (Wildman–Crippen MR) is 112 cm³/mol. The molecule has 0 saturated heterocycles. The van der Waals surface area contributed by atoms with Crippen LogP contribution in [0.2, 0.25) is 10.0 Å². The normalized spacial score (nSPS) is 11.2. The van der Waals surface area contributed by atoms with Crippen molar-refractivity contribution in [2.24, 2.45) is 0 Å². The number of nitrogens with two attached hydrogens (primary N) is 2. The van der Waals surface area contributed by atoms with E-state index in [4.69, 9.17) is 39.1 Å².